The molecule has 0 bridgehead atoms. The summed E-state index contributed by atoms with van der Waals surface area (Å²) in [5.41, 5.74) is 1.98. The number of carbonyl (C=O) groups is 1. The van der Waals surface area contributed by atoms with Gasteiger partial charge >= 0.3 is 5.97 Å². The summed E-state index contributed by atoms with van der Waals surface area (Å²) in [7, 11) is 0. The van der Waals surface area contributed by atoms with Crippen LogP contribution in [0.5, 0.6) is 5.75 Å². The van der Waals surface area contributed by atoms with Gasteiger partial charge in [-0.2, -0.15) is 15.5 Å². The molecule has 6 heteroatoms. The molecule has 0 aromatic heterocycles. The van der Waals surface area contributed by atoms with Gasteiger partial charge in [-0.15, -0.1) is 0 Å². The maximum atomic E-state index is 11.0. The quantitative estimate of drug-likeness (QED) is 0.436. The van der Waals surface area contributed by atoms with E-state index in [0.717, 1.165) is 18.6 Å². The maximum absolute atomic E-state index is 11.0. The van der Waals surface area contributed by atoms with Crippen LogP contribution in [-0.2, 0) is 4.79 Å². The number of hydrogen-bond donors (Lipinski definition) is 1. The van der Waals surface area contributed by atoms with E-state index in [-0.39, 0.29) is 5.92 Å². The molecule has 0 amide bonds. The molecular weight excluding hydrogens is 342 g/mol. The van der Waals surface area contributed by atoms with E-state index in [2.05, 4.69) is 16.3 Å². The van der Waals surface area contributed by atoms with Crippen LogP contribution in [0.2, 0.25) is 0 Å². The summed E-state index contributed by atoms with van der Waals surface area (Å²) in [5, 5.41) is 26.1. The molecule has 1 atom stereocenters. The average Bonchev–Trinajstić information content (AvgIpc) is 2.70. The number of ether oxygens (including phenoxy) is 1. The van der Waals surface area contributed by atoms with E-state index in [1.807, 2.05) is 31.2 Å². The van der Waals surface area contributed by atoms with Crippen molar-refractivity contribution in [2.24, 2.45) is 16.1 Å². The Morgan fingerprint density at radius 3 is 2.19 bits per heavy atom. The number of unbranched alkanes of at least 4 members (excludes halogenated alkanes) is 1. The van der Waals surface area contributed by atoms with Crippen LogP contribution >= 0.6 is 0 Å². The Hall–Kier alpha value is -3.20. The standard InChI is InChI=1S/C21H23N3O3/c1-2-17(21(25)26)5-3-4-14-27-20-12-10-19(11-13-20)24-23-18-8-6-16(15-22)7-9-18/h6-13,17H,2-5,14H2,1H3,(H,25,26). The molecule has 1 unspecified atom stereocenters. The number of rotatable bonds is 10. The summed E-state index contributed by atoms with van der Waals surface area (Å²) in [6, 6.07) is 16.2. The van der Waals surface area contributed by atoms with Crippen molar-refractivity contribution in [3.63, 3.8) is 0 Å². The minimum atomic E-state index is -0.718. The number of nitrogens with zero attached hydrogens (tertiary/aromatic N) is 3. The van der Waals surface area contributed by atoms with Gasteiger partial charge < -0.3 is 9.84 Å². The van der Waals surface area contributed by atoms with Gasteiger partial charge in [0.05, 0.1) is 35.5 Å². The Morgan fingerprint density at radius 2 is 1.67 bits per heavy atom. The molecule has 2 rings (SSSR count). The summed E-state index contributed by atoms with van der Waals surface area (Å²) in [4.78, 5) is 11.0. The van der Waals surface area contributed by atoms with E-state index in [0.29, 0.717) is 36.4 Å². The van der Waals surface area contributed by atoms with E-state index in [1.165, 1.54) is 0 Å². The summed E-state index contributed by atoms with van der Waals surface area (Å²) < 4.78 is 5.67. The van der Waals surface area contributed by atoms with Crippen molar-refractivity contribution in [2.75, 3.05) is 6.61 Å². The minimum Gasteiger partial charge on any atom is -0.494 e. The normalized spacial score (nSPS) is 11.9. The van der Waals surface area contributed by atoms with Gasteiger partial charge in [0.25, 0.3) is 0 Å². The van der Waals surface area contributed by atoms with Crippen LogP contribution in [0, 0.1) is 17.2 Å². The molecule has 0 spiro atoms. The van der Waals surface area contributed by atoms with E-state index in [9.17, 15) is 4.79 Å². The average molecular weight is 365 g/mol. The highest BCUT2D eigenvalue weighted by Crippen LogP contribution is 2.22. The predicted molar refractivity (Wildman–Crippen MR) is 103 cm³/mol. The van der Waals surface area contributed by atoms with Crippen LogP contribution in [0.15, 0.2) is 58.8 Å². The van der Waals surface area contributed by atoms with Crippen molar-refractivity contribution in [1.82, 2.24) is 0 Å². The summed E-state index contributed by atoms with van der Waals surface area (Å²) in [6.07, 6.45) is 3.00. The largest absolute Gasteiger partial charge is 0.494 e. The van der Waals surface area contributed by atoms with Crippen molar-refractivity contribution >= 4 is 17.3 Å². The van der Waals surface area contributed by atoms with Crippen molar-refractivity contribution in [1.29, 1.82) is 5.26 Å². The number of aliphatic carboxylic acids is 1. The van der Waals surface area contributed by atoms with Gasteiger partial charge in [0.1, 0.15) is 5.75 Å². The third kappa shape index (κ3) is 6.90. The van der Waals surface area contributed by atoms with Crippen LogP contribution in [0.25, 0.3) is 0 Å². The van der Waals surface area contributed by atoms with E-state index in [4.69, 9.17) is 15.1 Å². The molecular formula is C21H23N3O3. The third-order valence-corrected chi connectivity index (χ3v) is 4.17. The third-order valence-electron chi connectivity index (χ3n) is 4.17. The van der Waals surface area contributed by atoms with Gasteiger partial charge in [-0.3, -0.25) is 4.79 Å². The fraction of sp³-hybridized carbons (Fsp3) is 0.333. The molecule has 0 saturated carbocycles. The summed E-state index contributed by atoms with van der Waals surface area (Å²) in [5.74, 6) is -0.229. The topological polar surface area (TPSA) is 95.0 Å². The smallest absolute Gasteiger partial charge is 0.306 e. The molecule has 0 saturated heterocycles. The van der Waals surface area contributed by atoms with E-state index < -0.39 is 5.97 Å². The molecule has 0 radical (unpaired) electrons. The molecule has 0 aliphatic carbocycles. The lowest BCUT2D eigenvalue weighted by molar-refractivity contribution is -0.142. The highest BCUT2D eigenvalue weighted by Gasteiger charge is 2.13. The zero-order valence-electron chi connectivity index (χ0n) is 15.3. The summed E-state index contributed by atoms with van der Waals surface area (Å²) >= 11 is 0. The van der Waals surface area contributed by atoms with Crippen molar-refractivity contribution in [3.8, 4) is 11.8 Å². The number of nitriles is 1. The van der Waals surface area contributed by atoms with Crippen LogP contribution in [0.3, 0.4) is 0 Å². The number of azo groups is 1. The van der Waals surface area contributed by atoms with Gasteiger partial charge in [0, 0.05) is 0 Å². The first kappa shape index (κ1) is 20.1. The molecule has 2 aromatic rings. The Morgan fingerprint density at radius 1 is 1.07 bits per heavy atom. The van der Waals surface area contributed by atoms with Gasteiger partial charge in [-0.05, 0) is 74.2 Å². The molecule has 0 aliphatic rings. The van der Waals surface area contributed by atoms with Crippen molar-refractivity contribution in [3.05, 3.63) is 54.1 Å². The molecule has 1 N–H and O–H groups in total. The minimum absolute atomic E-state index is 0.259. The molecule has 6 nitrogen and oxygen atoms in total. The number of carboxylic acids is 1. The molecule has 27 heavy (non-hydrogen) atoms. The Labute approximate surface area is 159 Å². The fourth-order valence-electron chi connectivity index (χ4n) is 2.51. The predicted octanol–water partition coefficient (Wildman–Crippen LogP) is 5.63. The van der Waals surface area contributed by atoms with Crippen LogP contribution < -0.4 is 4.74 Å². The summed E-state index contributed by atoms with van der Waals surface area (Å²) in [6.45, 7) is 2.46. The molecule has 2 aromatic carbocycles. The van der Waals surface area contributed by atoms with Crippen LogP contribution in [0.1, 0.15) is 38.2 Å². The number of carboxylic acid groups (broad SMARTS) is 1. The highest BCUT2D eigenvalue weighted by molar-refractivity contribution is 5.69. The van der Waals surface area contributed by atoms with Gasteiger partial charge in [-0.25, -0.2) is 0 Å². The molecule has 140 valence electrons. The van der Waals surface area contributed by atoms with Gasteiger partial charge in [0.15, 0.2) is 0 Å². The van der Waals surface area contributed by atoms with E-state index in [1.54, 1.807) is 24.3 Å². The molecule has 0 aliphatic heterocycles. The maximum Gasteiger partial charge on any atom is 0.306 e. The van der Waals surface area contributed by atoms with Gasteiger partial charge in [0.2, 0.25) is 0 Å². The number of benzene rings is 2. The van der Waals surface area contributed by atoms with Crippen LogP contribution in [0.4, 0.5) is 11.4 Å². The van der Waals surface area contributed by atoms with Crippen molar-refractivity contribution in [2.45, 2.75) is 32.6 Å². The zero-order chi connectivity index (χ0) is 19.5. The Balaban J connectivity index is 1.75. The Bertz CT molecular complexity index is 793. The monoisotopic (exact) mass is 365 g/mol. The lowest BCUT2D eigenvalue weighted by Gasteiger charge is -2.10. The first-order chi connectivity index (χ1) is 13.1. The fourth-order valence-corrected chi connectivity index (χ4v) is 2.51. The first-order valence-corrected chi connectivity index (χ1v) is 9.00. The number of hydrogen-bond acceptors (Lipinski definition) is 5. The van der Waals surface area contributed by atoms with Gasteiger partial charge in [-0.1, -0.05) is 6.92 Å². The lowest BCUT2D eigenvalue weighted by Crippen LogP contribution is -2.12. The molecule has 0 heterocycles. The SMILES string of the molecule is CCC(CCCCOc1ccc(N=Nc2ccc(C#N)cc2)cc1)C(=O)O. The highest BCUT2D eigenvalue weighted by atomic mass is 16.5. The Kier molecular flexibility index (Phi) is 7.98. The lowest BCUT2D eigenvalue weighted by atomic mass is 10.00. The second-order valence-corrected chi connectivity index (χ2v) is 6.14. The van der Waals surface area contributed by atoms with E-state index >= 15 is 0 Å². The molecule has 0 fully saturated rings. The zero-order valence-corrected chi connectivity index (χ0v) is 15.3. The first-order valence-electron chi connectivity index (χ1n) is 9.00. The second-order valence-electron chi connectivity index (χ2n) is 6.14. The second kappa shape index (κ2) is 10.7. The van der Waals surface area contributed by atoms with Crippen LogP contribution in [-0.4, -0.2) is 17.7 Å². The van der Waals surface area contributed by atoms with Crippen molar-refractivity contribution < 1.29 is 14.6 Å².